The molecule has 0 aromatic heterocycles. The number of hydrogen-bond donors (Lipinski definition) is 2. The molecule has 2 atom stereocenters. The van der Waals surface area contributed by atoms with Crippen molar-refractivity contribution in [3.05, 3.63) is 11.9 Å². The van der Waals surface area contributed by atoms with Crippen LogP contribution in [-0.4, -0.2) is 32.6 Å². The SMILES string of the molecule is CCCC(CC)C1=CN=C(CNC)C(OC)N1. The molecule has 0 amide bonds. The number of rotatable bonds is 7. The average molecular weight is 239 g/mol. The second-order valence-electron chi connectivity index (χ2n) is 4.39. The molecule has 1 aliphatic heterocycles. The maximum atomic E-state index is 5.44. The zero-order valence-corrected chi connectivity index (χ0v) is 11.4. The Hall–Kier alpha value is -0.870. The largest absolute Gasteiger partial charge is 0.357 e. The van der Waals surface area contributed by atoms with Crippen LogP contribution in [-0.2, 0) is 4.74 Å². The number of ether oxygens (including phenoxy) is 1. The molecule has 0 saturated carbocycles. The molecule has 1 rings (SSSR count). The van der Waals surface area contributed by atoms with E-state index in [9.17, 15) is 0 Å². The summed E-state index contributed by atoms with van der Waals surface area (Å²) in [5.41, 5.74) is 2.21. The number of allylic oxidation sites excluding steroid dienone is 1. The van der Waals surface area contributed by atoms with E-state index in [1.165, 1.54) is 18.5 Å². The summed E-state index contributed by atoms with van der Waals surface area (Å²) >= 11 is 0. The number of hydrogen-bond acceptors (Lipinski definition) is 4. The van der Waals surface area contributed by atoms with Crippen LogP contribution in [0.15, 0.2) is 16.9 Å². The summed E-state index contributed by atoms with van der Waals surface area (Å²) in [7, 11) is 3.63. The van der Waals surface area contributed by atoms with Gasteiger partial charge in [-0.25, -0.2) is 0 Å². The Morgan fingerprint density at radius 3 is 2.82 bits per heavy atom. The van der Waals surface area contributed by atoms with E-state index in [2.05, 4.69) is 29.5 Å². The molecule has 0 spiro atoms. The standard InChI is InChI=1S/C13H25N3O/c1-5-7-10(6-2)11-9-15-12(8-14-3)13(16-11)17-4/h9-10,13-14,16H,5-8H2,1-4H3. The monoisotopic (exact) mass is 239 g/mol. The van der Waals surface area contributed by atoms with Gasteiger partial charge in [0, 0.05) is 31.5 Å². The fraction of sp³-hybridized carbons (Fsp3) is 0.769. The first-order valence-electron chi connectivity index (χ1n) is 6.47. The van der Waals surface area contributed by atoms with Gasteiger partial charge in [0.1, 0.15) is 0 Å². The number of methoxy groups -OCH3 is 1. The predicted molar refractivity (Wildman–Crippen MR) is 72.1 cm³/mol. The van der Waals surface area contributed by atoms with Gasteiger partial charge >= 0.3 is 0 Å². The van der Waals surface area contributed by atoms with E-state index in [4.69, 9.17) is 4.74 Å². The Bertz CT molecular complexity index is 286. The van der Waals surface area contributed by atoms with Gasteiger partial charge < -0.3 is 15.4 Å². The van der Waals surface area contributed by atoms with E-state index in [-0.39, 0.29) is 6.23 Å². The lowest BCUT2D eigenvalue weighted by atomic mass is 9.96. The second-order valence-corrected chi connectivity index (χ2v) is 4.39. The quantitative estimate of drug-likeness (QED) is 0.713. The molecule has 1 heterocycles. The van der Waals surface area contributed by atoms with Crippen LogP contribution in [0.2, 0.25) is 0 Å². The van der Waals surface area contributed by atoms with Gasteiger partial charge in [-0.15, -0.1) is 0 Å². The summed E-state index contributed by atoms with van der Waals surface area (Å²) in [6, 6.07) is 0. The maximum absolute atomic E-state index is 5.44. The minimum atomic E-state index is -0.0895. The van der Waals surface area contributed by atoms with Gasteiger partial charge in [0.15, 0.2) is 6.23 Å². The second kappa shape index (κ2) is 7.45. The van der Waals surface area contributed by atoms with Crippen LogP contribution in [0, 0.1) is 5.92 Å². The highest BCUT2D eigenvalue weighted by atomic mass is 16.5. The van der Waals surface area contributed by atoms with E-state index >= 15 is 0 Å². The minimum Gasteiger partial charge on any atom is -0.357 e. The van der Waals surface area contributed by atoms with Crippen molar-refractivity contribution < 1.29 is 4.74 Å². The third-order valence-electron chi connectivity index (χ3n) is 3.13. The molecule has 98 valence electrons. The lowest BCUT2D eigenvalue weighted by molar-refractivity contribution is 0.129. The first-order valence-corrected chi connectivity index (χ1v) is 6.47. The smallest absolute Gasteiger partial charge is 0.167 e. The van der Waals surface area contributed by atoms with Crippen molar-refractivity contribution in [1.82, 2.24) is 10.6 Å². The van der Waals surface area contributed by atoms with Crippen molar-refractivity contribution in [3.8, 4) is 0 Å². The molecule has 4 heteroatoms. The molecule has 0 saturated heterocycles. The van der Waals surface area contributed by atoms with Crippen LogP contribution in [0.1, 0.15) is 33.1 Å². The summed E-state index contributed by atoms with van der Waals surface area (Å²) in [6.07, 6.45) is 5.41. The van der Waals surface area contributed by atoms with Gasteiger partial charge in [-0.2, -0.15) is 0 Å². The Kier molecular flexibility index (Phi) is 6.22. The number of nitrogens with zero attached hydrogens (tertiary/aromatic N) is 1. The molecule has 0 aromatic carbocycles. The molecule has 1 aliphatic rings. The molecule has 0 aliphatic carbocycles. The van der Waals surface area contributed by atoms with Crippen LogP contribution in [0.4, 0.5) is 0 Å². The topological polar surface area (TPSA) is 45.7 Å². The van der Waals surface area contributed by atoms with Crippen molar-refractivity contribution in [3.63, 3.8) is 0 Å². The van der Waals surface area contributed by atoms with E-state index in [1.54, 1.807) is 7.11 Å². The van der Waals surface area contributed by atoms with Crippen molar-refractivity contribution in [2.24, 2.45) is 10.9 Å². The van der Waals surface area contributed by atoms with Crippen molar-refractivity contribution in [2.45, 2.75) is 39.3 Å². The minimum absolute atomic E-state index is 0.0895. The van der Waals surface area contributed by atoms with Gasteiger partial charge in [-0.05, 0) is 19.9 Å². The molecule has 0 radical (unpaired) electrons. The van der Waals surface area contributed by atoms with Crippen LogP contribution in [0.5, 0.6) is 0 Å². The highest BCUT2D eigenvalue weighted by Crippen LogP contribution is 2.21. The fourth-order valence-electron chi connectivity index (χ4n) is 2.16. The predicted octanol–water partition coefficient (Wildman–Crippen LogP) is 1.89. The zero-order chi connectivity index (χ0) is 12.7. The molecule has 17 heavy (non-hydrogen) atoms. The molecule has 0 fully saturated rings. The van der Waals surface area contributed by atoms with E-state index in [1.807, 2.05) is 13.2 Å². The Balaban J connectivity index is 2.75. The number of aliphatic imine (C=N–C) groups is 1. The third-order valence-corrected chi connectivity index (χ3v) is 3.13. The Labute approximate surface area is 105 Å². The van der Waals surface area contributed by atoms with Crippen LogP contribution in [0.3, 0.4) is 0 Å². The molecule has 0 bridgehead atoms. The third kappa shape index (κ3) is 3.82. The fourth-order valence-corrected chi connectivity index (χ4v) is 2.16. The van der Waals surface area contributed by atoms with Crippen molar-refractivity contribution in [1.29, 1.82) is 0 Å². The van der Waals surface area contributed by atoms with Crippen molar-refractivity contribution in [2.75, 3.05) is 20.7 Å². The normalized spacial score (nSPS) is 21.5. The van der Waals surface area contributed by atoms with Crippen LogP contribution < -0.4 is 10.6 Å². The first kappa shape index (κ1) is 14.2. The summed E-state index contributed by atoms with van der Waals surface area (Å²) in [6.45, 7) is 5.19. The van der Waals surface area contributed by atoms with Gasteiger partial charge in [0.25, 0.3) is 0 Å². The lowest BCUT2D eigenvalue weighted by Gasteiger charge is -2.29. The Morgan fingerprint density at radius 1 is 1.53 bits per heavy atom. The Morgan fingerprint density at radius 2 is 2.29 bits per heavy atom. The summed E-state index contributed by atoms with van der Waals surface area (Å²) in [5.74, 6) is 0.567. The summed E-state index contributed by atoms with van der Waals surface area (Å²) in [5, 5.41) is 6.55. The zero-order valence-electron chi connectivity index (χ0n) is 11.4. The highest BCUT2D eigenvalue weighted by Gasteiger charge is 2.22. The summed E-state index contributed by atoms with van der Waals surface area (Å²) in [4.78, 5) is 4.51. The molecular formula is C13H25N3O. The van der Waals surface area contributed by atoms with Gasteiger partial charge in [-0.3, -0.25) is 4.99 Å². The molecule has 0 aromatic rings. The van der Waals surface area contributed by atoms with Gasteiger partial charge in [0.2, 0.25) is 0 Å². The molecular weight excluding hydrogens is 214 g/mol. The molecule has 4 nitrogen and oxygen atoms in total. The maximum Gasteiger partial charge on any atom is 0.167 e. The summed E-state index contributed by atoms with van der Waals surface area (Å²) < 4.78 is 5.44. The lowest BCUT2D eigenvalue weighted by Crippen LogP contribution is -2.45. The van der Waals surface area contributed by atoms with E-state index < -0.39 is 0 Å². The van der Waals surface area contributed by atoms with Gasteiger partial charge in [-0.1, -0.05) is 20.3 Å². The highest BCUT2D eigenvalue weighted by molar-refractivity contribution is 5.91. The van der Waals surface area contributed by atoms with Gasteiger partial charge in [0.05, 0.1) is 5.71 Å². The first-order chi connectivity index (χ1) is 8.26. The molecule has 2 N–H and O–H groups in total. The van der Waals surface area contributed by atoms with Crippen molar-refractivity contribution >= 4 is 5.71 Å². The number of nitrogens with one attached hydrogen (secondary N) is 2. The average Bonchev–Trinajstić information content (AvgIpc) is 2.37. The molecule has 2 unspecified atom stereocenters. The van der Waals surface area contributed by atoms with Crippen LogP contribution in [0.25, 0.3) is 0 Å². The van der Waals surface area contributed by atoms with Crippen LogP contribution >= 0.6 is 0 Å². The van der Waals surface area contributed by atoms with E-state index in [0.29, 0.717) is 5.92 Å². The van der Waals surface area contributed by atoms with E-state index in [0.717, 1.165) is 18.7 Å².